The normalized spacial score (nSPS) is 15.9. The second-order valence-electron chi connectivity index (χ2n) is 3.19. The highest BCUT2D eigenvalue weighted by molar-refractivity contribution is 5.09. The number of aromatic nitrogens is 1. The van der Waals surface area contributed by atoms with E-state index in [0.29, 0.717) is 6.10 Å². The standard InChI is InChI=1S/C10H13NO.C2H6/c1-2-6-9(5-1)12-10-7-3-4-8-11-10;1-2/h3-4,7-9H,1-2,5-6H2;1-2H3. The molecule has 0 aliphatic heterocycles. The van der Waals surface area contributed by atoms with Crippen molar-refractivity contribution in [2.45, 2.75) is 45.6 Å². The van der Waals surface area contributed by atoms with Crippen LogP contribution in [-0.4, -0.2) is 11.1 Å². The number of hydrogen-bond acceptors (Lipinski definition) is 2. The molecule has 1 aliphatic rings. The quantitative estimate of drug-likeness (QED) is 0.718. The lowest BCUT2D eigenvalue weighted by Crippen LogP contribution is -2.11. The van der Waals surface area contributed by atoms with E-state index in [0.717, 1.165) is 5.88 Å². The molecule has 2 nitrogen and oxygen atoms in total. The Bertz CT molecular complexity index is 229. The summed E-state index contributed by atoms with van der Waals surface area (Å²) in [5.41, 5.74) is 0. The SMILES string of the molecule is CC.c1ccc(OC2CCCC2)nc1. The summed E-state index contributed by atoms with van der Waals surface area (Å²) in [6.45, 7) is 4.00. The van der Waals surface area contributed by atoms with Gasteiger partial charge in [0.2, 0.25) is 5.88 Å². The van der Waals surface area contributed by atoms with E-state index in [2.05, 4.69) is 4.98 Å². The molecule has 0 N–H and O–H groups in total. The largest absolute Gasteiger partial charge is 0.474 e. The third kappa shape index (κ3) is 3.36. The molecule has 0 spiro atoms. The molecule has 1 aromatic heterocycles. The molecule has 0 saturated heterocycles. The molecule has 2 rings (SSSR count). The molecule has 1 saturated carbocycles. The smallest absolute Gasteiger partial charge is 0.213 e. The molecular weight excluding hydrogens is 174 g/mol. The zero-order valence-corrected chi connectivity index (χ0v) is 9.07. The second kappa shape index (κ2) is 6.41. The highest BCUT2D eigenvalue weighted by Gasteiger charge is 2.16. The summed E-state index contributed by atoms with van der Waals surface area (Å²) in [7, 11) is 0. The maximum Gasteiger partial charge on any atom is 0.213 e. The van der Waals surface area contributed by atoms with Gasteiger partial charge in [0, 0.05) is 12.3 Å². The minimum Gasteiger partial charge on any atom is -0.474 e. The van der Waals surface area contributed by atoms with E-state index < -0.39 is 0 Å². The lowest BCUT2D eigenvalue weighted by atomic mass is 10.3. The number of ether oxygens (including phenoxy) is 1. The van der Waals surface area contributed by atoms with Crippen LogP contribution in [0.2, 0.25) is 0 Å². The van der Waals surface area contributed by atoms with Crippen LogP contribution in [0.5, 0.6) is 5.88 Å². The maximum absolute atomic E-state index is 5.66. The van der Waals surface area contributed by atoms with Crippen LogP contribution in [0.15, 0.2) is 24.4 Å². The fourth-order valence-corrected chi connectivity index (χ4v) is 1.59. The number of pyridine rings is 1. The van der Waals surface area contributed by atoms with Crippen molar-refractivity contribution in [2.24, 2.45) is 0 Å². The topological polar surface area (TPSA) is 22.1 Å². The molecule has 2 heteroatoms. The van der Waals surface area contributed by atoms with Crippen LogP contribution >= 0.6 is 0 Å². The molecule has 0 unspecified atom stereocenters. The van der Waals surface area contributed by atoms with Crippen LogP contribution in [0.3, 0.4) is 0 Å². The van der Waals surface area contributed by atoms with Gasteiger partial charge in [0.05, 0.1) is 0 Å². The van der Waals surface area contributed by atoms with Crippen molar-refractivity contribution >= 4 is 0 Å². The molecule has 0 aromatic carbocycles. The Kier molecular flexibility index (Phi) is 5.05. The van der Waals surface area contributed by atoms with Crippen molar-refractivity contribution in [1.82, 2.24) is 4.98 Å². The minimum absolute atomic E-state index is 0.417. The van der Waals surface area contributed by atoms with Crippen molar-refractivity contribution in [3.8, 4) is 5.88 Å². The van der Waals surface area contributed by atoms with Crippen LogP contribution in [0.1, 0.15) is 39.5 Å². The van der Waals surface area contributed by atoms with Crippen molar-refractivity contribution < 1.29 is 4.74 Å². The van der Waals surface area contributed by atoms with Gasteiger partial charge in [0.25, 0.3) is 0 Å². The lowest BCUT2D eigenvalue weighted by molar-refractivity contribution is 0.201. The van der Waals surface area contributed by atoms with Crippen LogP contribution < -0.4 is 4.74 Å². The van der Waals surface area contributed by atoms with Gasteiger partial charge in [-0.15, -0.1) is 0 Å². The first-order chi connectivity index (χ1) is 6.95. The average molecular weight is 193 g/mol. The van der Waals surface area contributed by atoms with Gasteiger partial charge in [-0.25, -0.2) is 4.98 Å². The van der Waals surface area contributed by atoms with Gasteiger partial charge >= 0.3 is 0 Å². The van der Waals surface area contributed by atoms with Crippen LogP contribution in [-0.2, 0) is 0 Å². The summed E-state index contributed by atoms with van der Waals surface area (Å²) >= 11 is 0. The third-order valence-corrected chi connectivity index (χ3v) is 2.23. The van der Waals surface area contributed by atoms with Gasteiger partial charge in [-0.05, 0) is 31.7 Å². The van der Waals surface area contributed by atoms with Gasteiger partial charge < -0.3 is 4.74 Å². The van der Waals surface area contributed by atoms with Crippen molar-refractivity contribution in [3.05, 3.63) is 24.4 Å². The average Bonchev–Trinajstić information content (AvgIpc) is 2.75. The molecule has 14 heavy (non-hydrogen) atoms. The molecule has 0 radical (unpaired) electrons. The summed E-state index contributed by atoms with van der Waals surface area (Å²) in [5.74, 6) is 0.768. The highest BCUT2D eigenvalue weighted by Crippen LogP contribution is 2.22. The van der Waals surface area contributed by atoms with E-state index in [1.54, 1.807) is 6.20 Å². The van der Waals surface area contributed by atoms with Crippen molar-refractivity contribution in [1.29, 1.82) is 0 Å². The summed E-state index contributed by atoms with van der Waals surface area (Å²) < 4.78 is 5.66. The minimum atomic E-state index is 0.417. The molecule has 1 aromatic rings. The van der Waals surface area contributed by atoms with E-state index in [4.69, 9.17) is 4.74 Å². The Balaban J connectivity index is 0.000000461. The second-order valence-corrected chi connectivity index (χ2v) is 3.19. The molecule has 0 atom stereocenters. The zero-order valence-electron chi connectivity index (χ0n) is 9.07. The van der Waals surface area contributed by atoms with E-state index in [1.165, 1.54) is 25.7 Å². The van der Waals surface area contributed by atoms with Gasteiger partial charge in [-0.1, -0.05) is 19.9 Å². The fraction of sp³-hybridized carbons (Fsp3) is 0.583. The van der Waals surface area contributed by atoms with Crippen LogP contribution in [0.25, 0.3) is 0 Å². The molecule has 1 fully saturated rings. The first-order valence-corrected chi connectivity index (χ1v) is 5.53. The van der Waals surface area contributed by atoms with E-state index in [-0.39, 0.29) is 0 Å². The molecule has 1 aliphatic carbocycles. The Morgan fingerprint density at radius 3 is 2.50 bits per heavy atom. The number of hydrogen-bond donors (Lipinski definition) is 0. The van der Waals surface area contributed by atoms with Gasteiger partial charge in [-0.2, -0.15) is 0 Å². The number of nitrogens with zero attached hydrogens (tertiary/aromatic N) is 1. The molecular formula is C12H19NO. The van der Waals surface area contributed by atoms with E-state index in [9.17, 15) is 0 Å². The number of rotatable bonds is 2. The highest BCUT2D eigenvalue weighted by atomic mass is 16.5. The molecule has 0 bridgehead atoms. The Morgan fingerprint density at radius 2 is 1.93 bits per heavy atom. The fourth-order valence-electron chi connectivity index (χ4n) is 1.59. The first-order valence-electron chi connectivity index (χ1n) is 5.53. The van der Waals surface area contributed by atoms with Crippen LogP contribution in [0.4, 0.5) is 0 Å². The Labute approximate surface area is 86.3 Å². The first kappa shape index (κ1) is 11.0. The van der Waals surface area contributed by atoms with Crippen LogP contribution in [0, 0.1) is 0 Å². The predicted molar refractivity (Wildman–Crippen MR) is 58.5 cm³/mol. The van der Waals surface area contributed by atoms with Crippen molar-refractivity contribution in [3.63, 3.8) is 0 Å². The summed E-state index contributed by atoms with van der Waals surface area (Å²) in [6.07, 6.45) is 7.17. The Morgan fingerprint density at radius 1 is 1.21 bits per heavy atom. The molecule has 1 heterocycles. The Hall–Kier alpha value is -1.05. The third-order valence-electron chi connectivity index (χ3n) is 2.23. The maximum atomic E-state index is 5.66. The van der Waals surface area contributed by atoms with E-state index >= 15 is 0 Å². The summed E-state index contributed by atoms with van der Waals surface area (Å²) in [6, 6.07) is 5.77. The summed E-state index contributed by atoms with van der Waals surface area (Å²) in [5, 5.41) is 0. The summed E-state index contributed by atoms with van der Waals surface area (Å²) in [4.78, 5) is 4.12. The predicted octanol–water partition coefficient (Wildman–Crippen LogP) is 3.43. The van der Waals surface area contributed by atoms with Gasteiger partial charge in [-0.3, -0.25) is 0 Å². The van der Waals surface area contributed by atoms with E-state index in [1.807, 2.05) is 32.0 Å². The molecule has 78 valence electrons. The molecule has 0 amide bonds. The van der Waals surface area contributed by atoms with Crippen molar-refractivity contribution in [2.75, 3.05) is 0 Å². The monoisotopic (exact) mass is 193 g/mol. The zero-order chi connectivity index (χ0) is 10.2. The van der Waals surface area contributed by atoms with Gasteiger partial charge in [0.1, 0.15) is 6.10 Å². The van der Waals surface area contributed by atoms with Gasteiger partial charge in [0.15, 0.2) is 0 Å². The lowest BCUT2D eigenvalue weighted by Gasteiger charge is -2.10.